The van der Waals surface area contributed by atoms with Crippen LogP contribution in [0.2, 0.25) is 0 Å². The number of rotatable bonds is 4. The van der Waals surface area contributed by atoms with Crippen LogP contribution < -0.4 is 5.73 Å². The van der Waals surface area contributed by atoms with Crippen molar-refractivity contribution < 1.29 is 0 Å². The molecule has 1 nitrogen and oxygen atoms in total. The second-order valence-electron chi connectivity index (χ2n) is 4.38. The molecule has 1 aromatic rings. The molecule has 76 valence electrons. The maximum Gasteiger partial charge on any atom is 0.0108 e. The molecular weight excluding hydrogens is 170 g/mol. The molecule has 0 bridgehead atoms. The molecule has 0 spiro atoms. The first kappa shape index (κ1) is 9.72. The van der Waals surface area contributed by atoms with Crippen molar-refractivity contribution in [3.8, 4) is 0 Å². The molecule has 1 heteroatoms. The summed E-state index contributed by atoms with van der Waals surface area (Å²) in [5, 5.41) is 0. The third-order valence-corrected chi connectivity index (χ3v) is 3.13. The SMILES string of the molecule is CCc1ccc(CC(N)C2CC2)cc1. The second kappa shape index (κ2) is 4.14. The van der Waals surface area contributed by atoms with Gasteiger partial charge in [0.15, 0.2) is 0 Å². The lowest BCUT2D eigenvalue weighted by Gasteiger charge is -2.10. The van der Waals surface area contributed by atoms with Crippen molar-refractivity contribution in [1.82, 2.24) is 0 Å². The fourth-order valence-corrected chi connectivity index (χ4v) is 1.87. The quantitative estimate of drug-likeness (QED) is 0.774. The van der Waals surface area contributed by atoms with Gasteiger partial charge in [0.05, 0.1) is 0 Å². The Morgan fingerprint density at radius 1 is 1.21 bits per heavy atom. The molecule has 0 radical (unpaired) electrons. The van der Waals surface area contributed by atoms with Crippen molar-refractivity contribution in [3.05, 3.63) is 35.4 Å². The number of hydrogen-bond donors (Lipinski definition) is 1. The zero-order valence-corrected chi connectivity index (χ0v) is 8.87. The number of hydrogen-bond acceptors (Lipinski definition) is 1. The van der Waals surface area contributed by atoms with E-state index < -0.39 is 0 Å². The van der Waals surface area contributed by atoms with E-state index in [1.807, 2.05) is 0 Å². The first-order valence-corrected chi connectivity index (χ1v) is 5.63. The lowest BCUT2D eigenvalue weighted by atomic mass is 10.0. The molecule has 1 aliphatic carbocycles. The van der Waals surface area contributed by atoms with Crippen molar-refractivity contribution in [2.24, 2.45) is 11.7 Å². The minimum absolute atomic E-state index is 0.391. The van der Waals surface area contributed by atoms with Crippen LogP contribution >= 0.6 is 0 Å². The molecule has 0 saturated heterocycles. The molecule has 1 aliphatic rings. The number of nitrogens with two attached hydrogens (primary N) is 1. The molecule has 14 heavy (non-hydrogen) atoms. The normalized spacial score (nSPS) is 18.1. The summed E-state index contributed by atoms with van der Waals surface area (Å²) in [6.45, 7) is 2.19. The minimum atomic E-state index is 0.391. The summed E-state index contributed by atoms with van der Waals surface area (Å²) in [5.41, 5.74) is 8.88. The third kappa shape index (κ3) is 2.36. The van der Waals surface area contributed by atoms with E-state index >= 15 is 0 Å². The van der Waals surface area contributed by atoms with Crippen LogP contribution in [0.5, 0.6) is 0 Å². The van der Waals surface area contributed by atoms with Crippen LogP contribution in [0.4, 0.5) is 0 Å². The Labute approximate surface area is 86.3 Å². The first-order valence-electron chi connectivity index (χ1n) is 5.63. The molecule has 2 rings (SSSR count). The van der Waals surface area contributed by atoms with E-state index in [0.717, 1.165) is 18.8 Å². The average Bonchev–Trinajstić information content (AvgIpc) is 3.02. The molecule has 0 aromatic heterocycles. The molecule has 0 heterocycles. The lowest BCUT2D eigenvalue weighted by molar-refractivity contribution is 0.591. The lowest BCUT2D eigenvalue weighted by Crippen LogP contribution is -2.24. The Balaban J connectivity index is 1.95. The zero-order chi connectivity index (χ0) is 9.97. The minimum Gasteiger partial charge on any atom is -0.327 e. The van der Waals surface area contributed by atoms with Gasteiger partial charge in [-0.3, -0.25) is 0 Å². The van der Waals surface area contributed by atoms with Crippen molar-refractivity contribution in [3.63, 3.8) is 0 Å². The molecule has 1 unspecified atom stereocenters. The molecule has 2 N–H and O–H groups in total. The van der Waals surface area contributed by atoms with E-state index in [-0.39, 0.29) is 0 Å². The van der Waals surface area contributed by atoms with Gasteiger partial charge in [-0.25, -0.2) is 0 Å². The summed E-state index contributed by atoms with van der Waals surface area (Å²) in [6, 6.07) is 9.27. The van der Waals surface area contributed by atoms with Gasteiger partial charge in [0.2, 0.25) is 0 Å². The van der Waals surface area contributed by atoms with Crippen molar-refractivity contribution in [2.75, 3.05) is 0 Å². The van der Waals surface area contributed by atoms with Gasteiger partial charge in [0, 0.05) is 6.04 Å². The van der Waals surface area contributed by atoms with Crippen LogP contribution in [0.1, 0.15) is 30.9 Å². The van der Waals surface area contributed by atoms with Crippen LogP contribution in [0.25, 0.3) is 0 Å². The maximum atomic E-state index is 6.08. The summed E-state index contributed by atoms with van der Waals surface area (Å²) < 4.78 is 0. The van der Waals surface area contributed by atoms with E-state index in [1.165, 1.54) is 24.0 Å². The summed E-state index contributed by atoms with van der Waals surface area (Å²) >= 11 is 0. The Morgan fingerprint density at radius 3 is 2.29 bits per heavy atom. The van der Waals surface area contributed by atoms with Crippen LogP contribution in [0, 0.1) is 5.92 Å². The molecule has 1 fully saturated rings. The predicted molar refractivity (Wildman–Crippen MR) is 60.2 cm³/mol. The maximum absolute atomic E-state index is 6.08. The Kier molecular flexibility index (Phi) is 2.87. The van der Waals surface area contributed by atoms with E-state index in [1.54, 1.807) is 0 Å². The third-order valence-electron chi connectivity index (χ3n) is 3.13. The van der Waals surface area contributed by atoms with E-state index in [0.29, 0.717) is 6.04 Å². The van der Waals surface area contributed by atoms with Gasteiger partial charge in [-0.05, 0) is 42.7 Å². The van der Waals surface area contributed by atoms with Gasteiger partial charge in [-0.2, -0.15) is 0 Å². The zero-order valence-electron chi connectivity index (χ0n) is 8.87. The largest absolute Gasteiger partial charge is 0.327 e. The van der Waals surface area contributed by atoms with Gasteiger partial charge in [0.1, 0.15) is 0 Å². The van der Waals surface area contributed by atoms with Gasteiger partial charge in [0.25, 0.3) is 0 Å². The van der Waals surface area contributed by atoms with E-state index in [4.69, 9.17) is 5.73 Å². The van der Waals surface area contributed by atoms with Crippen molar-refractivity contribution >= 4 is 0 Å². The molecule has 1 aromatic carbocycles. The second-order valence-corrected chi connectivity index (χ2v) is 4.38. The first-order chi connectivity index (χ1) is 6.79. The van der Waals surface area contributed by atoms with Gasteiger partial charge < -0.3 is 5.73 Å². The van der Waals surface area contributed by atoms with Crippen molar-refractivity contribution in [2.45, 2.75) is 38.6 Å². The molecule has 1 saturated carbocycles. The number of aryl methyl sites for hydroxylation is 1. The highest BCUT2D eigenvalue weighted by Gasteiger charge is 2.28. The standard InChI is InChI=1S/C13H19N/c1-2-10-3-5-11(6-4-10)9-13(14)12-7-8-12/h3-6,12-13H,2,7-9,14H2,1H3. The summed E-state index contributed by atoms with van der Waals surface area (Å²) in [5.74, 6) is 0.806. The summed E-state index contributed by atoms with van der Waals surface area (Å²) in [4.78, 5) is 0. The van der Waals surface area contributed by atoms with Crippen LogP contribution in [0.3, 0.4) is 0 Å². The molecule has 0 amide bonds. The highest BCUT2D eigenvalue weighted by molar-refractivity contribution is 5.23. The summed E-state index contributed by atoms with van der Waals surface area (Å²) in [6.07, 6.45) is 4.85. The van der Waals surface area contributed by atoms with Crippen molar-refractivity contribution in [1.29, 1.82) is 0 Å². The topological polar surface area (TPSA) is 26.0 Å². The highest BCUT2D eigenvalue weighted by Crippen LogP contribution is 2.32. The molecule has 1 atom stereocenters. The molecular formula is C13H19N. The van der Waals surface area contributed by atoms with E-state index in [2.05, 4.69) is 31.2 Å². The Bertz CT molecular complexity index is 285. The predicted octanol–water partition coefficient (Wildman–Crippen LogP) is 2.53. The van der Waals surface area contributed by atoms with E-state index in [9.17, 15) is 0 Å². The Morgan fingerprint density at radius 2 is 1.79 bits per heavy atom. The fourth-order valence-electron chi connectivity index (χ4n) is 1.87. The van der Waals surface area contributed by atoms with Crippen LogP contribution in [-0.4, -0.2) is 6.04 Å². The van der Waals surface area contributed by atoms with Crippen LogP contribution in [-0.2, 0) is 12.8 Å². The highest BCUT2D eigenvalue weighted by atomic mass is 14.7. The average molecular weight is 189 g/mol. The number of benzene rings is 1. The molecule has 0 aliphatic heterocycles. The van der Waals surface area contributed by atoms with Crippen LogP contribution in [0.15, 0.2) is 24.3 Å². The fraction of sp³-hybridized carbons (Fsp3) is 0.538. The monoisotopic (exact) mass is 189 g/mol. The van der Waals surface area contributed by atoms with Gasteiger partial charge >= 0.3 is 0 Å². The van der Waals surface area contributed by atoms with Gasteiger partial charge in [-0.15, -0.1) is 0 Å². The smallest absolute Gasteiger partial charge is 0.0108 e. The summed E-state index contributed by atoms with van der Waals surface area (Å²) in [7, 11) is 0. The Hall–Kier alpha value is -0.820. The van der Waals surface area contributed by atoms with Gasteiger partial charge in [-0.1, -0.05) is 31.2 Å².